The minimum Gasteiger partial charge on any atom is -0.481 e. The molecule has 0 saturated heterocycles. The predicted octanol–water partition coefficient (Wildman–Crippen LogP) is 0.622. The number of nitrogens with one attached hydrogen (secondary N) is 1. The van der Waals surface area contributed by atoms with E-state index in [4.69, 9.17) is 5.11 Å². The Morgan fingerprint density at radius 3 is 2.36 bits per heavy atom. The molecule has 0 heterocycles. The second-order valence-corrected chi connectivity index (χ2v) is 4.47. The van der Waals surface area contributed by atoms with Gasteiger partial charge in [0.15, 0.2) is 0 Å². The van der Waals surface area contributed by atoms with Gasteiger partial charge >= 0.3 is 5.97 Å². The second-order valence-electron chi connectivity index (χ2n) is 4.47. The third kappa shape index (κ3) is 1.74. The van der Waals surface area contributed by atoms with Gasteiger partial charge in [-0.3, -0.25) is 9.59 Å². The number of carbonyl (C=O) groups is 2. The van der Waals surface area contributed by atoms with Crippen molar-refractivity contribution in [2.24, 2.45) is 17.8 Å². The highest BCUT2D eigenvalue weighted by Gasteiger charge is 2.51. The van der Waals surface area contributed by atoms with Crippen LogP contribution in [0.15, 0.2) is 0 Å². The van der Waals surface area contributed by atoms with Crippen molar-refractivity contribution >= 4 is 11.9 Å². The predicted molar refractivity (Wildman–Crippen MR) is 49.6 cm³/mol. The highest BCUT2D eigenvalue weighted by Crippen LogP contribution is 2.51. The van der Waals surface area contributed by atoms with E-state index in [-0.39, 0.29) is 11.8 Å². The summed E-state index contributed by atoms with van der Waals surface area (Å²) in [4.78, 5) is 21.3. The van der Waals surface area contributed by atoms with E-state index in [1.165, 1.54) is 6.92 Å². The molecule has 14 heavy (non-hydrogen) atoms. The van der Waals surface area contributed by atoms with Crippen LogP contribution in [0.5, 0.6) is 0 Å². The summed E-state index contributed by atoms with van der Waals surface area (Å²) in [6.45, 7) is 1.52. The zero-order valence-electron chi connectivity index (χ0n) is 8.19. The van der Waals surface area contributed by atoms with Crippen molar-refractivity contribution in [2.45, 2.75) is 32.2 Å². The molecule has 0 radical (unpaired) electrons. The normalized spacial score (nSPS) is 39.8. The lowest BCUT2D eigenvalue weighted by Gasteiger charge is -2.36. The molecule has 1 amide bonds. The molecule has 2 N–H and O–H groups in total. The third-order valence-corrected chi connectivity index (χ3v) is 3.34. The number of carbonyl (C=O) groups excluding carboxylic acids is 1. The fourth-order valence-corrected chi connectivity index (χ4v) is 2.44. The molecule has 0 aliphatic heterocycles. The van der Waals surface area contributed by atoms with Crippen LogP contribution < -0.4 is 5.32 Å². The lowest BCUT2D eigenvalue weighted by Crippen LogP contribution is -2.44. The molecule has 2 saturated carbocycles. The number of rotatable bonds is 3. The maximum atomic E-state index is 10.7. The first-order valence-corrected chi connectivity index (χ1v) is 5.08. The van der Waals surface area contributed by atoms with Crippen molar-refractivity contribution < 1.29 is 14.7 Å². The molecule has 2 unspecified atom stereocenters. The fourth-order valence-electron chi connectivity index (χ4n) is 2.44. The van der Waals surface area contributed by atoms with E-state index < -0.39 is 5.97 Å². The summed E-state index contributed by atoms with van der Waals surface area (Å²) in [5, 5.41) is 11.6. The average Bonchev–Trinajstić information content (AvgIpc) is 2.73. The van der Waals surface area contributed by atoms with Gasteiger partial charge in [-0.1, -0.05) is 0 Å². The van der Waals surface area contributed by atoms with Gasteiger partial charge in [0.05, 0.1) is 5.92 Å². The van der Waals surface area contributed by atoms with Crippen LogP contribution in [-0.2, 0) is 9.59 Å². The number of carboxylic acid groups (broad SMARTS) is 1. The Morgan fingerprint density at radius 1 is 1.29 bits per heavy atom. The summed E-state index contributed by atoms with van der Waals surface area (Å²) in [6, 6.07) is 0.299. The van der Waals surface area contributed by atoms with Crippen molar-refractivity contribution in [1.29, 1.82) is 0 Å². The third-order valence-electron chi connectivity index (χ3n) is 3.34. The molecule has 2 aliphatic rings. The SMILES string of the molecule is CC(=O)NC1CC(C2CC2C(=O)O)C1. The van der Waals surface area contributed by atoms with Gasteiger partial charge in [-0.15, -0.1) is 0 Å². The minimum atomic E-state index is -0.655. The molecular weight excluding hydrogens is 182 g/mol. The Labute approximate surface area is 82.7 Å². The van der Waals surface area contributed by atoms with Crippen LogP contribution in [0.1, 0.15) is 26.2 Å². The molecule has 0 aromatic carbocycles. The Kier molecular flexibility index (Phi) is 2.21. The van der Waals surface area contributed by atoms with E-state index in [9.17, 15) is 9.59 Å². The number of amides is 1. The largest absolute Gasteiger partial charge is 0.481 e. The van der Waals surface area contributed by atoms with Gasteiger partial charge in [0.1, 0.15) is 0 Å². The summed E-state index contributed by atoms with van der Waals surface area (Å²) in [5.41, 5.74) is 0. The Balaban J connectivity index is 1.69. The molecule has 2 fully saturated rings. The first kappa shape index (κ1) is 9.49. The molecule has 2 atom stereocenters. The molecule has 0 spiro atoms. The van der Waals surface area contributed by atoms with Gasteiger partial charge in [-0.05, 0) is 31.1 Å². The maximum Gasteiger partial charge on any atom is 0.306 e. The Bertz CT molecular complexity index is 271. The Morgan fingerprint density at radius 2 is 1.93 bits per heavy atom. The van der Waals surface area contributed by atoms with Gasteiger partial charge in [-0.2, -0.15) is 0 Å². The van der Waals surface area contributed by atoms with Crippen LogP contribution >= 0.6 is 0 Å². The van der Waals surface area contributed by atoms with Gasteiger partial charge < -0.3 is 10.4 Å². The van der Waals surface area contributed by atoms with Crippen LogP contribution in [-0.4, -0.2) is 23.0 Å². The van der Waals surface area contributed by atoms with Crippen molar-refractivity contribution in [2.75, 3.05) is 0 Å². The first-order valence-electron chi connectivity index (χ1n) is 5.08. The zero-order valence-corrected chi connectivity index (χ0v) is 8.19. The van der Waals surface area contributed by atoms with E-state index in [1.54, 1.807) is 0 Å². The standard InChI is InChI=1S/C10H15NO3/c1-5(12)11-7-2-6(3-7)8-4-9(8)10(13)14/h6-9H,2-4H2,1H3,(H,11,12)(H,13,14). The van der Waals surface area contributed by atoms with Crippen LogP contribution in [0, 0.1) is 17.8 Å². The molecule has 2 aliphatic carbocycles. The van der Waals surface area contributed by atoms with Crippen LogP contribution in [0.25, 0.3) is 0 Å². The van der Waals surface area contributed by atoms with Gasteiger partial charge in [0, 0.05) is 13.0 Å². The highest BCUT2D eigenvalue weighted by molar-refractivity contribution is 5.74. The quantitative estimate of drug-likeness (QED) is 0.697. The van der Waals surface area contributed by atoms with Gasteiger partial charge in [0.25, 0.3) is 0 Å². The summed E-state index contributed by atoms with van der Waals surface area (Å²) < 4.78 is 0. The molecule has 4 heteroatoms. The van der Waals surface area contributed by atoms with Gasteiger partial charge in [-0.25, -0.2) is 0 Å². The van der Waals surface area contributed by atoms with Crippen molar-refractivity contribution in [3.8, 4) is 0 Å². The molecule has 0 aromatic heterocycles. The van der Waals surface area contributed by atoms with Gasteiger partial charge in [0.2, 0.25) is 5.91 Å². The maximum absolute atomic E-state index is 10.7. The van der Waals surface area contributed by atoms with E-state index in [2.05, 4.69) is 5.32 Å². The summed E-state index contributed by atoms with van der Waals surface area (Å²) in [7, 11) is 0. The van der Waals surface area contributed by atoms with E-state index in [0.717, 1.165) is 19.3 Å². The molecule has 4 nitrogen and oxygen atoms in total. The summed E-state index contributed by atoms with van der Waals surface area (Å²) in [6.07, 6.45) is 2.77. The molecular formula is C10H15NO3. The fraction of sp³-hybridized carbons (Fsp3) is 0.800. The Hall–Kier alpha value is -1.06. The minimum absolute atomic E-state index is 0.0130. The summed E-state index contributed by atoms with van der Waals surface area (Å²) >= 11 is 0. The number of hydrogen-bond donors (Lipinski definition) is 2. The van der Waals surface area contributed by atoms with E-state index >= 15 is 0 Å². The monoisotopic (exact) mass is 197 g/mol. The van der Waals surface area contributed by atoms with Crippen LogP contribution in [0.2, 0.25) is 0 Å². The molecule has 0 aromatic rings. The van der Waals surface area contributed by atoms with Crippen molar-refractivity contribution in [3.63, 3.8) is 0 Å². The lowest BCUT2D eigenvalue weighted by atomic mass is 9.76. The highest BCUT2D eigenvalue weighted by atomic mass is 16.4. The van der Waals surface area contributed by atoms with Crippen molar-refractivity contribution in [1.82, 2.24) is 5.32 Å². The second kappa shape index (κ2) is 3.26. The number of hydrogen-bond acceptors (Lipinski definition) is 2. The average molecular weight is 197 g/mol. The van der Waals surface area contributed by atoms with Crippen LogP contribution in [0.4, 0.5) is 0 Å². The lowest BCUT2D eigenvalue weighted by molar-refractivity contribution is -0.139. The number of carboxylic acids is 1. The van der Waals surface area contributed by atoms with E-state index in [1.807, 2.05) is 0 Å². The van der Waals surface area contributed by atoms with Crippen molar-refractivity contribution in [3.05, 3.63) is 0 Å². The zero-order chi connectivity index (χ0) is 10.3. The first-order chi connectivity index (χ1) is 6.58. The topological polar surface area (TPSA) is 66.4 Å². The van der Waals surface area contributed by atoms with E-state index in [0.29, 0.717) is 17.9 Å². The smallest absolute Gasteiger partial charge is 0.306 e. The molecule has 2 rings (SSSR count). The molecule has 78 valence electrons. The molecule has 0 bridgehead atoms. The number of aliphatic carboxylic acids is 1. The summed E-state index contributed by atoms with van der Waals surface area (Å²) in [5.74, 6) is 0.181. The van der Waals surface area contributed by atoms with Crippen LogP contribution in [0.3, 0.4) is 0 Å².